The van der Waals surface area contributed by atoms with Crippen LogP contribution in [0.25, 0.3) is 0 Å². The third-order valence-electron chi connectivity index (χ3n) is 6.07. The molecule has 0 atom stereocenters. The van der Waals surface area contributed by atoms with E-state index in [0.29, 0.717) is 24.1 Å². The number of carbonyl (C=O) groups excluding carboxylic acids is 2. The summed E-state index contributed by atoms with van der Waals surface area (Å²) in [7, 11) is 0. The first-order chi connectivity index (χ1) is 12.7. The van der Waals surface area contributed by atoms with E-state index in [1.807, 2.05) is 17.0 Å². The summed E-state index contributed by atoms with van der Waals surface area (Å²) in [6, 6.07) is 4.17. The molecule has 1 aromatic rings. The molecule has 1 N–H and O–H groups in total. The first kappa shape index (κ1) is 17.3. The highest BCUT2D eigenvalue weighted by Gasteiger charge is 2.36. The Morgan fingerprint density at radius 2 is 1.73 bits per heavy atom. The maximum atomic E-state index is 12.7. The molecule has 0 spiro atoms. The van der Waals surface area contributed by atoms with E-state index < -0.39 is 0 Å². The minimum atomic E-state index is 0.0726. The van der Waals surface area contributed by atoms with Crippen molar-refractivity contribution in [3.8, 4) is 0 Å². The highest BCUT2D eigenvalue weighted by atomic mass is 16.2. The summed E-state index contributed by atoms with van der Waals surface area (Å²) in [5.41, 5.74) is 0.712. The number of aromatic nitrogens is 1. The molecule has 6 nitrogen and oxygen atoms in total. The average molecular weight is 356 g/mol. The lowest BCUT2D eigenvalue weighted by Gasteiger charge is -2.24. The number of carbonyl (C=O) groups is 2. The topological polar surface area (TPSA) is 65.5 Å². The van der Waals surface area contributed by atoms with Gasteiger partial charge in [0.2, 0.25) is 5.91 Å². The molecule has 3 aliphatic rings. The molecule has 6 heteroatoms. The Hall–Kier alpha value is -2.11. The Bertz CT molecular complexity index is 648. The predicted octanol–water partition coefficient (Wildman–Crippen LogP) is 3.79. The molecule has 1 aromatic heterocycles. The lowest BCUT2D eigenvalue weighted by atomic mass is 9.88. The van der Waals surface area contributed by atoms with Gasteiger partial charge in [0.05, 0.1) is 11.9 Å². The van der Waals surface area contributed by atoms with E-state index in [-0.39, 0.29) is 17.9 Å². The average Bonchev–Trinajstić information content (AvgIpc) is 3.33. The van der Waals surface area contributed by atoms with E-state index in [0.717, 1.165) is 45.1 Å². The maximum Gasteiger partial charge on any atom is 0.326 e. The Kier molecular flexibility index (Phi) is 5.09. The molecule has 26 heavy (non-hydrogen) atoms. The van der Waals surface area contributed by atoms with Gasteiger partial charge in [-0.1, -0.05) is 32.1 Å². The molecule has 3 amide bonds. The molecule has 2 saturated carbocycles. The molecule has 2 heterocycles. The fourth-order valence-corrected chi connectivity index (χ4v) is 4.55. The fourth-order valence-electron chi connectivity index (χ4n) is 4.55. The number of amides is 3. The molecule has 140 valence electrons. The quantitative estimate of drug-likeness (QED) is 0.893. The van der Waals surface area contributed by atoms with Gasteiger partial charge in [-0.2, -0.15) is 0 Å². The monoisotopic (exact) mass is 356 g/mol. The van der Waals surface area contributed by atoms with E-state index in [4.69, 9.17) is 0 Å². The van der Waals surface area contributed by atoms with Crippen LogP contribution in [0.1, 0.15) is 57.8 Å². The van der Waals surface area contributed by atoms with Crippen LogP contribution in [-0.4, -0.2) is 41.0 Å². The van der Waals surface area contributed by atoms with Crippen LogP contribution in [0.4, 0.5) is 16.3 Å². The highest BCUT2D eigenvalue weighted by Crippen LogP contribution is 2.29. The summed E-state index contributed by atoms with van der Waals surface area (Å²) in [6.07, 6.45) is 11.9. The van der Waals surface area contributed by atoms with E-state index in [1.165, 1.54) is 19.3 Å². The summed E-state index contributed by atoms with van der Waals surface area (Å²) in [6.45, 7) is 1.47. The van der Waals surface area contributed by atoms with Crippen molar-refractivity contribution in [1.82, 2.24) is 9.88 Å². The van der Waals surface area contributed by atoms with E-state index in [9.17, 15) is 9.59 Å². The number of anilines is 2. The van der Waals surface area contributed by atoms with Crippen molar-refractivity contribution in [1.29, 1.82) is 0 Å². The number of urea groups is 1. The van der Waals surface area contributed by atoms with Crippen molar-refractivity contribution in [3.63, 3.8) is 0 Å². The lowest BCUT2D eigenvalue weighted by Crippen LogP contribution is -2.38. The van der Waals surface area contributed by atoms with Crippen molar-refractivity contribution in [2.24, 2.45) is 5.92 Å². The normalized spacial score (nSPS) is 22.2. The van der Waals surface area contributed by atoms with E-state index >= 15 is 0 Å². The highest BCUT2D eigenvalue weighted by molar-refractivity contribution is 5.94. The van der Waals surface area contributed by atoms with Crippen LogP contribution < -0.4 is 10.2 Å². The number of rotatable bonds is 4. The zero-order valence-electron chi connectivity index (χ0n) is 15.3. The molecule has 3 fully saturated rings. The molecule has 2 aliphatic carbocycles. The second-order valence-electron chi connectivity index (χ2n) is 7.80. The zero-order chi connectivity index (χ0) is 17.9. The third-order valence-corrected chi connectivity index (χ3v) is 6.07. The Morgan fingerprint density at radius 1 is 1.00 bits per heavy atom. The van der Waals surface area contributed by atoms with Gasteiger partial charge in [0.15, 0.2) is 0 Å². The number of nitrogens with one attached hydrogen (secondary N) is 1. The number of hydrogen-bond donors (Lipinski definition) is 1. The summed E-state index contributed by atoms with van der Waals surface area (Å²) >= 11 is 0. The maximum absolute atomic E-state index is 12.7. The zero-order valence-corrected chi connectivity index (χ0v) is 15.3. The van der Waals surface area contributed by atoms with E-state index in [1.54, 1.807) is 11.1 Å². The van der Waals surface area contributed by atoms with Crippen LogP contribution in [-0.2, 0) is 4.79 Å². The Labute approximate surface area is 155 Å². The van der Waals surface area contributed by atoms with Crippen LogP contribution in [0.15, 0.2) is 18.3 Å². The predicted molar refractivity (Wildman–Crippen MR) is 101 cm³/mol. The van der Waals surface area contributed by atoms with Gasteiger partial charge in [0.1, 0.15) is 5.82 Å². The van der Waals surface area contributed by atoms with Gasteiger partial charge in [-0.3, -0.25) is 9.69 Å². The van der Waals surface area contributed by atoms with Crippen molar-refractivity contribution in [3.05, 3.63) is 18.3 Å². The summed E-state index contributed by atoms with van der Waals surface area (Å²) in [5, 5.41) is 2.98. The molecular weight excluding hydrogens is 328 g/mol. The fraction of sp³-hybridized carbons (Fsp3) is 0.650. The smallest absolute Gasteiger partial charge is 0.324 e. The molecule has 0 unspecified atom stereocenters. The summed E-state index contributed by atoms with van der Waals surface area (Å²) in [4.78, 5) is 33.2. The number of pyridine rings is 1. The standard InChI is InChI=1S/C20H28N4O2/c25-19(15-6-2-1-3-7-15)22-16-10-11-18(21-14-16)24-13-12-23(20(24)26)17-8-4-5-9-17/h10-11,14-15,17H,1-9,12-13H2,(H,22,25). The molecule has 1 aliphatic heterocycles. The van der Waals surface area contributed by atoms with Crippen LogP contribution in [0.5, 0.6) is 0 Å². The van der Waals surface area contributed by atoms with Crippen LogP contribution in [0, 0.1) is 5.92 Å². The van der Waals surface area contributed by atoms with E-state index in [2.05, 4.69) is 10.3 Å². The number of nitrogens with zero attached hydrogens (tertiary/aromatic N) is 3. The molecular formula is C20H28N4O2. The van der Waals surface area contributed by atoms with Crippen molar-refractivity contribution in [2.75, 3.05) is 23.3 Å². The summed E-state index contributed by atoms with van der Waals surface area (Å²) in [5.74, 6) is 0.902. The Morgan fingerprint density at radius 3 is 2.42 bits per heavy atom. The van der Waals surface area contributed by atoms with Gasteiger partial charge < -0.3 is 10.2 Å². The first-order valence-corrected chi connectivity index (χ1v) is 10.1. The van der Waals surface area contributed by atoms with Crippen LogP contribution in [0.2, 0.25) is 0 Å². The van der Waals surface area contributed by atoms with Crippen molar-refractivity contribution in [2.45, 2.75) is 63.8 Å². The second kappa shape index (κ2) is 7.64. The minimum Gasteiger partial charge on any atom is -0.324 e. The summed E-state index contributed by atoms with van der Waals surface area (Å²) < 4.78 is 0. The van der Waals surface area contributed by atoms with Crippen molar-refractivity contribution < 1.29 is 9.59 Å². The SMILES string of the molecule is O=C(Nc1ccc(N2CCN(C3CCCC3)C2=O)nc1)C1CCCCC1. The lowest BCUT2D eigenvalue weighted by molar-refractivity contribution is -0.120. The minimum absolute atomic E-state index is 0.0726. The molecule has 4 rings (SSSR count). The second-order valence-corrected chi connectivity index (χ2v) is 7.80. The van der Waals surface area contributed by atoms with Crippen LogP contribution >= 0.6 is 0 Å². The van der Waals surface area contributed by atoms with Crippen LogP contribution in [0.3, 0.4) is 0 Å². The molecule has 0 bridgehead atoms. The van der Waals surface area contributed by atoms with Gasteiger partial charge in [-0.15, -0.1) is 0 Å². The molecule has 1 saturated heterocycles. The van der Waals surface area contributed by atoms with Gasteiger partial charge in [0, 0.05) is 25.0 Å². The van der Waals surface area contributed by atoms with Gasteiger partial charge >= 0.3 is 6.03 Å². The first-order valence-electron chi connectivity index (χ1n) is 10.1. The van der Waals surface area contributed by atoms with Gasteiger partial charge in [0.25, 0.3) is 0 Å². The van der Waals surface area contributed by atoms with Gasteiger partial charge in [-0.05, 0) is 37.8 Å². The van der Waals surface area contributed by atoms with Gasteiger partial charge in [-0.25, -0.2) is 9.78 Å². The largest absolute Gasteiger partial charge is 0.326 e. The molecule has 0 aromatic carbocycles. The molecule has 0 radical (unpaired) electrons. The third kappa shape index (κ3) is 3.55. The Balaban J connectivity index is 1.36. The van der Waals surface area contributed by atoms with Crippen molar-refractivity contribution >= 4 is 23.4 Å². The number of hydrogen-bond acceptors (Lipinski definition) is 3.